The van der Waals surface area contributed by atoms with Crippen LogP contribution in [0.15, 0.2) is 0 Å². The number of halogens is 11. The van der Waals surface area contributed by atoms with E-state index in [1.165, 1.54) is 0 Å². The smallest absolute Gasteiger partial charge is 0.397 e. The minimum Gasteiger partial charge on any atom is -0.437 e. The number of alkyl halides is 8. The van der Waals surface area contributed by atoms with E-state index in [4.69, 9.17) is 21.5 Å². The topological polar surface area (TPSA) is 36.9 Å². The summed E-state index contributed by atoms with van der Waals surface area (Å²) in [5.41, 5.74) is 0. The minimum absolute atomic E-state index is 0. The molecule has 4 nitrogen and oxygen atoms in total. The highest BCUT2D eigenvalue weighted by atomic mass is 28.5. The highest BCUT2D eigenvalue weighted by Gasteiger charge is 2.46. The van der Waals surface area contributed by atoms with Crippen molar-refractivity contribution in [2.75, 3.05) is 0 Å². The maximum Gasteiger partial charge on any atom is 0.397 e. The molecule has 0 amide bonds. The van der Waals surface area contributed by atoms with Gasteiger partial charge in [0.15, 0.2) is 16.6 Å². The van der Waals surface area contributed by atoms with E-state index >= 15 is 0 Å². The van der Waals surface area contributed by atoms with Crippen LogP contribution in [-0.4, -0.2) is 52.2 Å². The average molecular weight is 739 g/mol. The summed E-state index contributed by atoms with van der Waals surface area (Å²) in [6, 6.07) is 0. The molecule has 0 aromatic carbocycles. The van der Waals surface area contributed by atoms with E-state index in [-0.39, 0.29) is 51.0 Å². The molecule has 19 heteroatoms. The van der Waals surface area contributed by atoms with Gasteiger partial charge in [-0.3, -0.25) is 0 Å². The summed E-state index contributed by atoms with van der Waals surface area (Å²) in [4.78, 5) is 1.76. The fourth-order valence-corrected chi connectivity index (χ4v) is 20.4. The molecule has 0 aliphatic rings. The summed E-state index contributed by atoms with van der Waals surface area (Å²) in [6.45, 7) is 23.5. The number of rotatable bonds is 10. The van der Waals surface area contributed by atoms with Gasteiger partial charge in [0.2, 0.25) is 0 Å². The van der Waals surface area contributed by atoms with Crippen molar-refractivity contribution in [3.05, 3.63) is 0 Å². The lowest BCUT2D eigenvalue weighted by Gasteiger charge is -2.39. The molecule has 0 aliphatic heterocycles. The number of hydrogen-bond donors (Lipinski definition) is 0. The van der Waals surface area contributed by atoms with Crippen LogP contribution in [0.4, 0.5) is 48.8 Å². The highest BCUT2D eigenvalue weighted by Crippen LogP contribution is 2.32. The predicted molar refractivity (Wildman–Crippen MR) is 171 cm³/mol. The minimum atomic E-state index is -5.13. The fraction of sp³-hybridized carbons (Fsp3) is 1.00. The third-order valence-corrected chi connectivity index (χ3v) is 15.7. The van der Waals surface area contributed by atoms with Crippen molar-refractivity contribution in [3.63, 3.8) is 0 Å². The van der Waals surface area contributed by atoms with Crippen LogP contribution in [0.1, 0.15) is 77.2 Å². The van der Waals surface area contributed by atoms with Gasteiger partial charge in [0, 0.05) is 15.6 Å². The van der Waals surface area contributed by atoms with Crippen LogP contribution in [0.5, 0.6) is 0 Å². The lowest BCUT2D eigenvalue weighted by atomic mass is 10.2. The van der Waals surface area contributed by atoms with Crippen LogP contribution >= 0.6 is 0 Å². The van der Waals surface area contributed by atoms with Crippen LogP contribution < -0.4 is 0 Å². The van der Waals surface area contributed by atoms with Gasteiger partial charge in [-0.1, -0.05) is 57.9 Å². The quantitative estimate of drug-likeness (QED) is 0.165. The van der Waals surface area contributed by atoms with Crippen molar-refractivity contribution in [1.29, 1.82) is 0 Å². The molecule has 0 aliphatic carbocycles. The Morgan fingerprint density at radius 2 is 0.791 bits per heavy atom. The lowest BCUT2D eigenvalue weighted by Crippen LogP contribution is -2.55. The summed E-state index contributed by atoms with van der Waals surface area (Å²) >= 11 is 0. The molecule has 278 valence electrons. The molecule has 0 aromatic heterocycles. The van der Waals surface area contributed by atoms with E-state index in [2.05, 4.69) is 65.5 Å². The molecule has 0 spiro atoms. The monoisotopic (exact) mass is 738 g/mol. The number of hydrogen-bond acceptors (Lipinski definition) is 4. The van der Waals surface area contributed by atoms with Gasteiger partial charge in [-0.2, -0.15) is 35.1 Å². The standard InChI is InChI=1S/C10H30O3Si4.C5H9F3.C3H2F6O.6CH4.F2/c1-14(2,3)11-16(7,8)13-17(9,10)12-15(4,5)6;1-2-3-4-5(6,7)8;4-2(5,6)1-3(7,8)10-9;;;;;;;1-2/h1-10H3;2-4H2,1H3;1H2;6*1H4;. The van der Waals surface area contributed by atoms with Gasteiger partial charge < -0.3 is 12.3 Å². The summed E-state index contributed by atoms with van der Waals surface area (Å²) < 4.78 is 135. The molecule has 0 aromatic rings. The van der Waals surface area contributed by atoms with Gasteiger partial charge in [-0.25, -0.2) is 0 Å². The van der Waals surface area contributed by atoms with Crippen LogP contribution in [0.2, 0.25) is 65.5 Å². The molecule has 0 atom stereocenters. The summed E-state index contributed by atoms with van der Waals surface area (Å²) in [6.07, 6.45) is -16.2. The van der Waals surface area contributed by atoms with E-state index < -0.39 is 65.1 Å². The summed E-state index contributed by atoms with van der Waals surface area (Å²) in [7, 11) is -7.18. The van der Waals surface area contributed by atoms with Crippen molar-refractivity contribution in [1.82, 2.24) is 0 Å². The third kappa shape index (κ3) is 65.6. The molecule has 0 heterocycles. The highest BCUT2D eigenvalue weighted by molar-refractivity contribution is 6.89. The van der Waals surface area contributed by atoms with Crippen LogP contribution in [0.25, 0.3) is 0 Å². The van der Waals surface area contributed by atoms with Gasteiger partial charge in [-0.05, 0) is 76.4 Å². The van der Waals surface area contributed by atoms with Crippen molar-refractivity contribution in [2.24, 2.45) is 0 Å². The van der Waals surface area contributed by atoms with E-state index in [0.717, 1.165) is 0 Å². The predicted octanol–water partition coefficient (Wildman–Crippen LogP) is 13.9. The van der Waals surface area contributed by atoms with E-state index in [0.29, 0.717) is 6.42 Å². The normalized spacial score (nSPS) is 11.6. The SMILES string of the molecule is C.C.C.C.C.C.CCCCC(F)(F)F.C[Si](C)(C)O[Si](C)(C)O[Si](C)(C)O[Si](C)(C)C.FF.FOC(F)(F)CC(F)(F)F. The summed E-state index contributed by atoms with van der Waals surface area (Å²) in [5, 5.41) is 0. The van der Waals surface area contributed by atoms with Crippen molar-refractivity contribution >= 4 is 33.8 Å². The molecule has 43 heavy (non-hydrogen) atoms. The lowest BCUT2D eigenvalue weighted by molar-refractivity contribution is -0.379. The van der Waals surface area contributed by atoms with Gasteiger partial charge in [0.05, 0.1) is 0 Å². The van der Waals surface area contributed by atoms with Gasteiger partial charge >= 0.3 is 35.6 Å². The number of unbranched alkanes of at least 4 members (excludes halogenated alkanes) is 1. The van der Waals surface area contributed by atoms with E-state index in [9.17, 15) is 39.6 Å². The summed E-state index contributed by atoms with van der Waals surface area (Å²) in [5.74, 6) is 0. The Kier molecular flexibility index (Phi) is 45.6. The Morgan fingerprint density at radius 3 is 0.907 bits per heavy atom. The molecular formula is C24H65F11O4Si4. The zero-order chi connectivity index (χ0) is 31.2. The maximum atomic E-state index is 11.3. The van der Waals surface area contributed by atoms with Gasteiger partial charge in [-0.15, -0.1) is 4.94 Å². The van der Waals surface area contributed by atoms with E-state index in [1.54, 1.807) is 11.9 Å². The Labute approximate surface area is 260 Å². The van der Waals surface area contributed by atoms with Crippen molar-refractivity contribution in [3.8, 4) is 0 Å². The molecule has 0 saturated carbocycles. The molecular weight excluding hydrogens is 674 g/mol. The first-order valence-electron chi connectivity index (χ1n) is 11.0. The Balaban J connectivity index is -0.0000000459. The Morgan fingerprint density at radius 1 is 0.512 bits per heavy atom. The Bertz CT molecular complexity index is 558. The second-order valence-electron chi connectivity index (χ2n) is 10.6. The zero-order valence-corrected chi connectivity index (χ0v) is 27.1. The zero-order valence-electron chi connectivity index (χ0n) is 23.1. The second-order valence-corrected chi connectivity index (χ2v) is 27.1. The van der Waals surface area contributed by atoms with E-state index in [1.807, 2.05) is 0 Å². The molecule has 0 N–H and O–H groups in total. The fourth-order valence-electron chi connectivity index (χ4n) is 2.75. The van der Waals surface area contributed by atoms with Gasteiger partial charge in [0.1, 0.15) is 6.42 Å². The molecule has 0 radical (unpaired) electrons. The van der Waals surface area contributed by atoms with Crippen LogP contribution in [-0.2, 0) is 17.3 Å². The van der Waals surface area contributed by atoms with Crippen LogP contribution in [0.3, 0.4) is 0 Å². The van der Waals surface area contributed by atoms with Crippen LogP contribution in [0, 0.1) is 0 Å². The molecule has 0 unspecified atom stereocenters. The first-order chi connectivity index (χ1) is 15.9. The second kappa shape index (κ2) is 28.2. The third-order valence-electron chi connectivity index (χ3n) is 2.93. The largest absolute Gasteiger partial charge is 0.437 e. The van der Waals surface area contributed by atoms with Gasteiger partial charge in [0.25, 0.3) is 0 Å². The average Bonchev–Trinajstić information content (AvgIpc) is 2.54. The molecule has 0 rings (SSSR count). The molecule has 0 saturated heterocycles. The molecule has 0 fully saturated rings. The first-order valence-corrected chi connectivity index (χ1v) is 23.5. The Hall–Kier alpha value is -0.0625. The van der Waals surface area contributed by atoms with Crippen molar-refractivity contribution in [2.45, 2.75) is 161 Å². The molecule has 0 bridgehead atoms. The maximum absolute atomic E-state index is 11.3. The van der Waals surface area contributed by atoms with Crippen molar-refractivity contribution < 1.29 is 66.1 Å². The first kappa shape index (κ1) is 69.6.